The summed E-state index contributed by atoms with van der Waals surface area (Å²) in [7, 11) is 0. The molecule has 3 N–H and O–H groups in total. The molecule has 5 nitrogen and oxygen atoms in total. The first-order chi connectivity index (χ1) is 11.9. The molecule has 1 aromatic carbocycles. The summed E-state index contributed by atoms with van der Waals surface area (Å²) in [4.78, 5) is 9.12. The number of hydrogen-bond acceptors (Lipinski definition) is 5. The molecule has 0 radical (unpaired) electrons. The molecule has 0 fully saturated rings. The number of nitrogens with one attached hydrogen (secondary N) is 1. The van der Waals surface area contributed by atoms with Crippen LogP contribution in [0.3, 0.4) is 0 Å². The van der Waals surface area contributed by atoms with Crippen molar-refractivity contribution in [2.45, 2.75) is 24.4 Å². The second-order valence-electron chi connectivity index (χ2n) is 5.15. The standard InChI is InChI=1S/C14H12F7N5/c15-12(16,13(17,18)14(19,20)21)9-24-10(22)26-11(25-9)23-7-6-8-4-2-1-3-5-8/h1-5H,6-7H2,(H3,22,23,24,25,26). The summed E-state index contributed by atoms with van der Waals surface area (Å²) in [6.07, 6.45) is -6.12. The van der Waals surface area contributed by atoms with E-state index >= 15 is 0 Å². The van der Waals surface area contributed by atoms with Crippen molar-refractivity contribution in [1.29, 1.82) is 0 Å². The number of anilines is 2. The Kier molecular flexibility index (Phi) is 5.23. The number of aromatic nitrogens is 3. The summed E-state index contributed by atoms with van der Waals surface area (Å²) < 4.78 is 90.3. The van der Waals surface area contributed by atoms with Crippen molar-refractivity contribution >= 4 is 11.9 Å². The molecule has 26 heavy (non-hydrogen) atoms. The fourth-order valence-electron chi connectivity index (χ4n) is 1.89. The van der Waals surface area contributed by atoms with Crippen molar-refractivity contribution in [3.05, 3.63) is 41.7 Å². The molecular weight excluding hydrogens is 371 g/mol. The van der Waals surface area contributed by atoms with Crippen LogP contribution in [0.2, 0.25) is 0 Å². The van der Waals surface area contributed by atoms with Gasteiger partial charge >= 0.3 is 18.0 Å². The molecule has 2 aromatic rings. The Hall–Kier alpha value is -2.66. The second-order valence-corrected chi connectivity index (χ2v) is 5.15. The molecule has 12 heteroatoms. The predicted molar refractivity (Wildman–Crippen MR) is 77.8 cm³/mol. The topological polar surface area (TPSA) is 76.7 Å². The number of hydrogen-bond donors (Lipinski definition) is 2. The molecule has 142 valence electrons. The van der Waals surface area contributed by atoms with Gasteiger partial charge in [0.25, 0.3) is 0 Å². The van der Waals surface area contributed by atoms with Gasteiger partial charge in [-0.1, -0.05) is 30.3 Å². The summed E-state index contributed by atoms with van der Waals surface area (Å²) in [5.74, 6) is -15.7. The fourth-order valence-corrected chi connectivity index (χ4v) is 1.89. The summed E-state index contributed by atoms with van der Waals surface area (Å²) in [5.41, 5.74) is 5.99. The van der Waals surface area contributed by atoms with Gasteiger partial charge in [0.1, 0.15) is 0 Å². The third kappa shape index (κ3) is 3.94. The van der Waals surface area contributed by atoms with E-state index in [1.807, 2.05) is 0 Å². The van der Waals surface area contributed by atoms with Gasteiger partial charge < -0.3 is 11.1 Å². The van der Waals surface area contributed by atoms with Crippen LogP contribution in [0.1, 0.15) is 11.4 Å². The Morgan fingerprint density at radius 1 is 0.885 bits per heavy atom. The van der Waals surface area contributed by atoms with E-state index in [-0.39, 0.29) is 6.54 Å². The van der Waals surface area contributed by atoms with Gasteiger partial charge in [0, 0.05) is 6.54 Å². The SMILES string of the molecule is Nc1nc(NCCc2ccccc2)nc(C(F)(F)C(F)(F)C(F)(F)F)n1. The lowest BCUT2D eigenvalue weighted by Crippen LogP contribution is -2.50. The number of rotatable bonds is 6. The van der Waals surface area contributed by atoms with Gasteiger partial charge in [-0.15, -0.1) is 0 Å². The summed E-state index contributed by atoms with van der Waals surface area (Å²) >= 11 is 0. The van der Waals surface area contributed by atoms with Gasteiger partial charge in [-0.05, 0) is 12.0 Å². The Labute approximate surface area is 142 Å². The van der Waals surface area contributed by atoms with Crippen LogP contribution < -0.4 is 11.1 Å². The van der Waals surface area contributed by atoms with E-state index in [1.54, 1.807) is 30.3 Å². The van der Waals surface area contributed by atoms with Crippen LogP contribution in [0.15, 0.2) is 30.3 Å². The van der Waals surface area contributed by atoms with Crippen molar-refractivity contribution in [2.75, 3.05) is 17.6 Å². The maximum Gasteiger partial charge on any atom is 0.460 e. The molecule has 0 aliphatic carbocycles. The molecule has 0 bridgehead atoms. The van der Waals surface area contributed by atoms with E-state index < -0.39 is 35.7 Å². The molecular formula is C14H12F7N5. The van der Waals surface area contributed by atoms with E-state index in [2.05, 4.69) is 20.3 Å². The second kappa shape index (κ2) is 6.92. The van der Waals surface area contributed by atoms with Crippen LogP contribution in [0.4, 0.5) is 42.6 Å². The van der Waals surface area contributed by atoms with Gasteiger partial charge in [-0.3, -0.25) is 0 Å². The maximum atomic E-state index is 13.7. The molecule has 0 unspecified atom stereocenters. The zero-order valence-electron chi connectivity index (χ0n) is 12.9. The largest absolute Gasteiger partial charge is 0.460 e. The highest BCUT2D eigenvalue weighted by Crippen LogP contribution is 2.50. The van der Waals surface area contributed by atoms with Crippen LogP contribution in [-0.2, 0) is 12.3 Å². The van der Waals surface area contributed by atoms with Crippen LogP contribution in [0.25, 0.3) is 0 Å². The van der Waals surface area contributed by atoms with Crippen LogP contribution in [0, 0.1) is 0 Å². The molecule has 0 saturated heterocycles. The summed E-state index contributed by atoms with van der Waals surface area (Å²) in [6.45, 7) is 0.0914. The third-order valence-electron chi connectivity index (χ3n) is 3.22. The first-order valence-electron chi connectivity index (χ1n) is 7.07. The van der Waals surface area contributed by atoms with Crippen molar-refractivity contribution in [3.63, 3.8) is 0 Å². The highest BCUT2D eigenvalue weighted by atomic mass is 19.4. The molecule has 0 aliphatic heterocycles. The number of nitrogens with zero attached hydrogens (tertiary/aromatic N) is 3. The minimum Gasteiger partial charge on any atom is -0.368 e. The molecule has 0 amide bonds. The number of nitrogen functional groups attached to an aromatic ring is 1. The number of halogens is 7. The molecule has 0 atom stereocenters. The Bertz CT molecular complexity index is 749. The monoisotopic (exact) mass is 383 g/mol. The zero-order chi connectivity index (χ0) is 19.6. The number of alkyl halides is 7. The highest BCUT2D eigenvalue weighted by molar-refractivity contribution is 5.33. The Morgan fingerprint density at radius 2 is 1.50 bits per heavy atom. The quantitative estimate of drug-likeness (QED) is 0.748. The predicted octanol–water partition coefficient (Wildman–Crippen LogP) is 3.40. The fraction of sp³-hybridized carbons (Fsp3) is 0.357. The maximum absolute atomic E-state index is 13.7. The lowest BCUT2D eigenvalue weighted by atomic mass is 10.1. The minimum absolute atomic E-state index is 0.0914. The van der Waals surface area contributed by atoms with Crippen LogP contribution in [0.5, 0.6) is 0 Å². The van der Waals surface area contributed by atoms with E-state index in [1.165, 1.54) is 0 Å². The minimum atomic E-state index is -6.50. The summed E-state index contributed by atoms with van der Waals surface area (Å²) in [5, 5.41) is 2.43. The van der Waals surface area contributed by atoms with Gasteiger partial charge in [-0.25, -0.2) is 0 Å². The normalized spacial score (nSPS) is 12.9. The molecule has 0 saturated carbocycles. The lowest BCUT2D eigenvalue weighted by Gasteiger charge is -2.27. The average molecular weight is 383 g/mol. The van der Waals surface area contributed by atoms with E-state index in [0.717, 1.165) is 5.56 Å². The molecule has 1 aromatic heterocycles. The molecule has 0 aliphatic rings. The molecule has 1 heterocycles. The zero-order valence-corrected chi connectivity index (χ0v) is 12.9. The first-order valence-corrected chi connectivity index (χ1v) is 7.07. The highest BCUT2D eigenvalue weighted by Gasteiger charge is 2.75. The van der Waals surface area contributed by atoms with E-state index in [9.17, 15) is 30.7 Å². The van der Waals surface area contributed by atoms with Crippen molar-refractivity contribution in [2.24, 2.45) is 0 Å². The lowest BCUT2D eigenvalue weighted by molar-refractivity contribution is -0.361. The van der Waals surface area contributed by atoms with Crippen molar-refractivity contribution in [1.82, 2.24) is 15.0 Å². The number of benzene rings is 1. The van der Waals surface area contributed by atoms with Crippen LogP contribution >= 0.6 is 0 Å². The van der Waals surface area contributed by atoms with Gasteiger partial charge in [0.05, 0.1) is 0 Å². The number of nitrogens with two attached hydrogens (primary N) is 1. The van der Waals surface area contributed by atoms with Gasteiger partial charge in [0.15, 0.2) is 0 Å². The van der Waals surface area contributed by atoms with E-state index in [0.29, 0.717) is 6.42 Å². The van der Waals surface area contributed by atoms with Gasteiger partial charge in [-0.2, -0.15) is 45.7 Å². The first kappa shape index (κ1) is 19.7. The molecule has 2 rings (SSSR count). The van der Waals surface area contributed by atoms with Crippen molar-refractivity contribution < 1.29 is 30.7 Å². The smallest absolute Gasteiger partial charge is 0.368 e. The summed E-state index contributed by atoms with van der Waals surface area (Å²) in [6, 6.07) is 8.83. The third-order valence-corrected chi connectivity index (χ3v) is 3.22. The van der Waals surface area contributed by atoms with E-state index in [4.69, 9.17) is 5.73 Å². The van der Waals surface area contributed by atoms with Crippen molar-refractivity contribution in [3.8, 4) is 0 Å². The van der Waals surface area contributed by atoms with Gasteiger partial charge in [0.2, 0.25) is 17.7 Å². The molecule has 0 spiro atoms. The Balaban J connectivity index is 2.21. The van der Waals surface area contributed by atoms with Crippen LogP contribution in [-0.4, -0.2) is 33.6 Å². The Morgan fingerprint density at radius 3 is 2.08 bits per heavy atom. The average Bonchev–Trinajstić information content (AvgIpc) is 2.54.